The number of amides is 1. The molecule has 0 saturated carbocycles. The van der Waals surface area contributed by atoms with E-state index in [-0.39, 0.29) is 11.9 Å². The fraction of sp³-hybridized carbons (Fsp3) is 0.273. The van der Waals surface area contributed by atoms with Crippen LogP contribution in [0.4, 0.5) is 0 Å². The van der Waals surface area contributed by atoms with Crippen molar-refractivity contribution < 1.29 is 4.79 Å². The average Bonchev–Trinajstić information content (AvgIpc) is 2.72. The van der Waals surface area contributed by atoms with E-state index in [1.165, 1.54) is 11.8 Å². The normalized spacial score (nSPS) is 11.8. The third-order valence-corrected chi connectivity index (χ3v) is 5.21. The summed E-state index contributed by atoms with van der Waals surface area (Å²) in [5.74, 6) is -0.00147. The maximum absolute atomic E-state index is 12.7. The molecule has 144 valence electrons. The van der Waals surface area contributed by atoms with Crippen molar-refractivity contribution in [3.63, 3.8) is 0 Å². The van der Waals surface area contributed by atoms with Crippen molar-refractivity contribution in [1.82, 2.24) is 20.3 Å². The Morgan fingerprint density at radius 2 is 1.61 bits per heavy atom. The molecule has 1 N–H and O–H groups in total. The molecule has 1 amide bonds. The minimum atomic E-state index is -0.200. The maximum atomic E-state index is 12.7. The molecule has 0 aliphatic carbocycles. The largest absolute Gasteiger partial charge is 0.345 e. The van der Waals surface area contributed by atoms with Crippen LogP contribution in [0.1, 0.15) is 40.5 Å². The molecule has 2 aromatic heterocycles. The second kappa shape index (κ2) is 9.46. The summed E-state index contributed by atoms with van der Waals surface area (Å²) < 4.78 is 0. The number of hydrogen-bond donors (Lipinski definition) is 1. The lowest BCUT2D eigenvalue weighted by Crippen LogP contribution is -2.29. The molecule has 1 atom stereocenters. The first-order chi connectivity index (χ1) is 13.6. The average molecular weight is 393 g/mol. The smallest absolute Gasteiger partial charge is 0.221 e. The molecule has 0 radical (unpaired) electrons. The zero-order valence-electron chi connectivity index (χ0n) is 16.3. The van der Waals surface area contributed by atoms with Gasteiger partial charge in [0.05, 0.1) is 6.04 Å². The van der Waals surface area contributed by atoms with Crippen molar-refractivity contribution in [3.8, 4) is 0 Å². The standard InChI is InChI=1S/C22H24N4OS/c1-15-19(16(2)25-22(24-15)28-3)9-10-20(27)26-21(17-7-5-4-6-8-17)18-11-13-23-14-12-18/h4-8,11-14,21H,9-10H2,1-3H3,(H,26,27). The SMILES string of the molecule is CSc1nc(C)c(CCC(=O)NC(c2ccccc2)c2ccncc2)c(C)n1. The number of thioether (sulfide) groups is 1. The highest BCUT2D eigenvalue weighted by atomic mass is 32.2. The van der Waals surface area contributed by atoms with E-state index in [1.54, 1.807) is 12.4 Å². The van der Waals surface area contributed by atoms with Gasteiger partial charge in [-0.05, 0) is 55.3 Å². The van der Waals surface area contributed by atoms with E-state index >= 15 is 0 Å². The zero-order chi connectivity index (χ0) is 19.9. The minimum absolute atomic E-state index is 0.00147. The summed E-state index contributed by atoms with van der Waals surface area (Å²) in [4.78, 5) is 25.8. The number of aromatic nitrogens is 3. The number of rotatable bonds is 7. The molecule has 0 bridgehead atoms. The summed E-state index contributed by atoms with van der Waals surface area (Å²) >= 11 is 1.53. The van der Waals surface area contributed by atoms with Gasteiger partial charge in [0.2, 0.25) is 5.91 Å². The number of carbonyl (C=O) groups is 1. The molecule has 1 unspecified atom stereocenters. The second-order valence-electron chi connectivity index (χ2n) is 6.55. The summed E-state index contributed by atoms with van der Waals surface area (Å²) in [7, 11) is 0. The molecule has 0 fully saturated rings. The van der Waals surface area contributed by atoms with Gasteiger partial charge in [-0.1, -0.05) is 42.1 Å². The van der Waals surface area contributed by atoms with Crippen LogP contribution < -0.4 is 5.32 Å². The van der Waals surface area contributed by atoms with Gasteiger partial charge in [-0.25, -0.2) is 9.97 Å². The fourth-order valence-corrected chi connectivity index (χ4v) is 3.65. The summed E-state index contributed by atoms with van der Waals surface area (Å²) in [6.07, 6.45) is 6.46. The van der Waals surface area contributed by atoms with Crippen molar-refractivity contribution >= 4 is 17.7 Å². The molecule has 3 rings (SSSR count). The Labute approximate surface area is 170 Å². The molecular formula is C22H24N4OS. The molecule has 1 aromatic carbocycles. The lowest BCUT2D eigenvalue weighted by molar-refractivity contribution is -0.121. The quantitative estimate of drug-likeness (QED) is 0.485. The van der Waals surface area contributed by atoms with E-state index < -0.39 is 0 Å². The van der Waals surface area contributed by atoms with Crippen LogP contribution in [-0.4, -0.2) is 27.1 Å². The highest BCUT2D eigenvalue weighted by Gasteiger charge is 2.17. The number of nitrogens with zero attached hydrogens (tertiary/aromatic N) is 3. The van der Waals surface area contributed by atoms with Crippen LogP contribution in [-0.2, 0) is 11.2 Å². The summed E-state index contributed by atoms with van der Waals surface area (Å²) in [5, 5.41) is 3.94. The first kappa shape index (κ1) is 20.0. The van der Waals surface area contributed by atoms with Crippen LogP contribution in [0.5, 0.6) is 0 Å². The maximum Gasteiger partial charge on any atom is 0.221 e. The third kappa shape index (κ3) is 4.95. The molecule has 5 nitrogen and oxygen atoms in total. The molecule has 0 aliphatic rings. The molecule has 0 aliphatic heterocycles. The highest BCUT2D eigenvalue weighted by molar-refractivity contribution is 7.98. The van der Waals surface area contributed by atoms with Crippen molar-refractivity contribution in [2.45, 2.75) is 37.9 Å². The Bertz CT molecular complexity index is 869. The Morgan fingerprint density at radius 3 is 2.21 bits per heavy atom. The first-order valence-electron chi connectivity index (χ1n) is 9.21. The van der Waals surface area contributed by atoms with Crippen LogP contribution in [0.25, 0.3) is 0 Å². The lowest BCUT2D eigenvalue weighted by atomic mass is 9.99. The number of aryl methyl sites for hydroxylation is 2. The Balaban J connectivity index is 1.73. The number of benzene rings is 1. The Kier molecular flexibility index (Phi) is 6.76. The van der Waals surface area contributed by atoms with Gasteiger partial charge in [-0.2, -0.15) is 0 Å². The van der Waals surface area contributed by atoms with E-state index in [2.05, 4.69) is 20.3 Å². The third-order valence-electron chi connectivity index (χ3n) is 4.66. The first-order valence-corrected chi connectivity index (χ1v) is 10.4. The molecule has 0 spiro atoms. The van der Waals surface area contributed by atoms with Gasteiger partial charge in [0.15, 0.2) is 5.16 Å². The zero-order valence-corrected chi connectivity index (χ0v) is 17.2. The van der Waals surface area contributed by atoms with Crippen molar-refractivity contribution in [3.05, 3.63) is 82.9 Å². The lowest BCUT2D eigenvalue weighted by Gasteiger charge is -2.20. The number of carbonyl (C=O) groups excluding carboxylic acids is 1. The van der Waals surface area contributed by atoms with Gasteiger partial charge < -0.3 is 5.32 Å². The van der Waals surface area contributed by atoms with Gasteiger partial charge in [-0.3, -0.25) is 9.78 Å². The van der Waals surface area contributed by atoms with Crippen LogP contribution in [0.15, 0.2) is 60.0 Å². The monoisotopic (exact) mass is 392 g/mol. The van der Waals surface area contributed by atoms with E-state index in [0.29, 0.717) is 12.8 Å². The van der Waals surface area contributed by atoms with Gasteiger partial charge in [0, 0.05) is 30.2 Å². The van der Waals surface area contributed by atoms with Gasteiger partial charge >= 0.3 is 0 Å². The molecule has 6 heteroatoms. The van der Waals surface area contributed by atoms with E-state index in [9.17, 15) is 4.79 Å². The Hall–Kier alpha value is -2.73. The molecule has 28 heavy (non-hydrogen) atoms. The van der Waals surface area contributed by atoms with Crippen molar-refractivity contribution in [2.24, 2.45) is 0 Å². The molecular weight excluding hydrogens is 368 g/mol. The predicted octanol–water partition coefficient (Wildman–Crippen LogP) is 4.05. The highest BCUT2D eigenvalue weighted by Crippen LogP contribution is 2.22. The number of pyridine rings is 1. The summed E-state index contributed by atoms with van der Waals surface area (Å²) in [5.41, 5.74) is 4.99. The topological polar surface area (TPSA) is 67.8 Å². The van der Waals surface area contributed by atoms with Crippen LogP contribution in [0.3, 0.4) is 0 Å². The predicted molar refractivity (Wildman–Crippen MR) is 112 cm³/mol. The van der Waals surface area contributed by atoms with Crippen molar-refractivity contribution in [2.75, 3.05) is 6.26 Å². The van der Waals surface area contributed by atoms with Crippen LogP contribution >= 0.6 is 11.8 Å². The summed E-state index contributed by atoms with van der Waals surface area (Å²) in [6, 6.07) is 13.6. The van der Waals surface area contributed by atoms with Gasteiger partial charge in [0.1, 0.15) is 0 Å². The van der Waals surface area contributed by atoms with Gasteiger partial charge in [0.25, 0.3) is 0 Å². The molecule has 0 saturated heterocycles. The van der Waals surface area contributed by atoms with Crippen molar-refractivity contribution in [1.29, 1.82) is 0 Å². The van der Waals surface area contributed by atoms with E-state index in [1.807, 2.05) is 62.6 Å². The minimum Gasteiger partial charge on any atom is -0.345 e. The van der Waals surface area contributed by atoms with Gasteiger partial charge in [-0.15, -0.1) is 0 Å². The second-order valence-corrected chi connectivity index (χ2v) is 7.32. The summed E-state index contributed by atoms with van der Waals surface area (Å²) in [6.45, 7) is 3.96. The molecule has 3 aromatic rings. The van der Waals surface area contributed by atoms with Crippen LogP contribution in [0, 0.1) is 13.8 Å². The van der Waals surface area contributed by atoms with E-state index in [0.717, 1.165) is 33.2 Å². The Morgan fingerprint density at radius 1 is 1.00 bits per heavy atom. The fourth-order valence-electron chi connectivity index (χ4n) is 3.19. The van der Waals surface area contributed by atoms with Crippen LogP contribution in [0.2, 0.25) is 0 Å². The molecule has 2 heterocycles. The number of hydrogen-bond acceptors (Lipinski definition) is 5. The van der Waals surface area contributed by atoms with E-state index in [4.69, 9.17) is 0 Å². The number of nitrogens with one attached hydrogen (secondary N) is 1.